The van der Waals surface area contributed by atoms with Crippen LogP contribution in [0.3, 0.4) is 0 Å². The highest BCUT2D eigenvalue weighted by atomic mass is 16.4. The largest absolute Gasteiger partial charge is 0.481 e. The molecule has 1 amide bonds. The first kappa shape index (κ1) is 17.5. The van der Waals surface area contributed by atoms with E-state index in [1.165, 1.54) is 4.90 Å². The number of benzene rings is 1. The van der Waals surface area contributed by atoms with Crippen LogP contribution in [0.15, 0.2) is 36.5 Å². The molecule has 134 valence electrons. The van der Waals surface area contributed by atoms with Gasteiger partial charge < -0.3 is 10.0 Å². The molecule has 2 aromatic heterocycles. The number of aromatic nitrogens is 4. The van der Waals surface area contributed by atoms with Crippen molar-refractivity contribution in [1.82, 2.24) is 24.9 Å². The van der Waals surface area contributed by atoms with Crippen LogP contribution < -0.4 is 0 Å². The van der Waals surface area contributed by atoms with Crippen molar-refractivity contribution >= 4 is 22.8 Å². The number of rotatable bonds is 5. The normalized spacial score (nSPS) is 12.1. The Hall–Kier alpha value is -3.29. The number of pyridine rings is 1. The van der Waals surface area contributed by atoms with Gasteiger partial charge in [-0.1, -0.05) is 18.2 Å². The number of fused-ring (bicyclic) bond motifs is 1. The lowest BCUT2D eigenvalue weighted by Crippen LogP contribution is -2.34. The van der Waals surface area contributed by atoms with Crippen LogP contribution in [0.1, 0.15) is 23.1 Å². The van der Waals surface area contributed by atoms with Crippen molar-refractivity contribution in [3.8, 4) is 5.69 Å². The summed E-state index contributed by atoms with van der Waals surface area (Å²) in [4.78, 5) is 29.2. The lowest BCUT2D eigenvalue weighted by molar-refractivity contribution is -0.141. The van der Waals surface area contributed by atoms with Gasteiger partial charge in [0.15, 0.2) is 5.69 Å². The second kappa shape index (κ2) is 6.91. The second-order valence-electron chi connectivity index (χ2n) is 6.24. The molecule has 8 nitrogen and oxygen atoms in total. The summed E-state index contributed by atoms with van der Waals surface area (Å²) in [6.45, 7) is 3.41. The first-order valence-corrected chi connectivity index (χ1v) is 8.14. The SMILES string of the molecule is Cc1c(C(=O)N(C)CC(C)C(=O)O)nnn1-c1ccc2ncccc2c1. The Morgan fingerprint density at radius 3 is 2.81 bits per heavy atom. The monoisotopic (exact) mass is 353 g/mol. The van der Waals surface area contributed by atoms with Crippen LogP contribution in [-0.4, -0.2) is 55.5 Å². The summed E-state index contributed by atoms with van der Waals surface area (Å²) in [6, 6.07) is 9.48. The van der Waals surface area contributed by atoms with Crippen molar-refractivity contribution in [2.75, 3.05) is 13.6 Å². The Morgan fingerprint density at radius 2 is 2.08 bits per heavy atom. The van der Waals surface area contributed by atoms with Gasteiger partial charge in [0.2, 0.25) is 0 Å². The van der Waals surface area contributed by atoms with Crippen LogP contribution in [0.2, 0.25) is 0 Å². The van der Waals surface area contributed by atoms with Crippen molar-refractivity contribution in [3.63, 3.8) is 0 Å². The summed E-state index contributed by atoms with van der Waals surface area (Å²) in [5.74, 6) is -1.97. The van der Waals surface area contributed by atoms with Gasteiger partial charge in [-0.3, -0.25) is 14.6 Å². The molecular weight excluding hydrogens is 334 g/mol. The molecule has 1 unspecified atom stereocenters. The maximum atomic E-state index is 12.6. The Bertz CT molecular complexity index is 982. The zero-order valence-corrected chi connectivity index (χ0v) is 14.7. The number of carbonyl (C=O) groups excluding carboxylic acids is 1. The molecule has 0 aliphatic carbocycles. The zero-order chi connectivity index (χ0) is 18.8. The molecule has 0 saturated heterocycles. The van der Waals surface area contributed by atoms with Crippen LogP contribution in [0.4, 0.5) is 0 Å². The molecule has 0 bridgehead atoms. The van der Waals surface area contributed by atoms with Crippen molar-refractivity contribution in [2.24, 2.45) is 5.92 Å². The van der Waals surface area contributed by atoms with Crippen molar-refractivity contribution in [2.45, 2.75) is 13.8 Å². The molecule has 1 atom stereocenters. The molecular formula is C18H19N5O3. The van der Waals surface area contributed by atoms with Crippen molar-refractivity contribution < 1.29 is 14.7 Å². The van der Waals surface area contributed by atoms with Crippen LogP contribution in [-0.2, 0) is 4.79 Å². The third kappa shape index (κ3) is 3.26. The van der Waals surface area contributed by atoms with Gasteiger partial charge in [0.05, 0.1) is 22.8 Å². The van der Waals surface area contributed by atoms with E-state index >= 15 is 0 Å². The molecule has 3 rings (SSSR count). The highest BCUT2D eigenvalue weighted by Gasteiger charge is 2.23. The molecule has 1 aromatic carbocycles. The number of carbonyl (C=O) groups is 2. The molecule has 2 heterocycles. The van der Waals surface area contributed by atoms with Crippen molar-refractivity contribution in [1.29, 1.82) is 0 Å². The van der Waals surface area contributed by atoms with E-state index in [2.05, 4.69) is 15.3 Å². The van der Waals surface area contributed by atoms with Crippen molar-refractivity contribution in [3.05, 3.63) is 47.9 Å². The average molecular weight is 353 g/mol. The quantitative estimate of drug-likeness (QED) is 0.752. The van der Waals surface area contributed by atoms with E-state index in [4.69, 9.17) is 5.11 Å². The maximum absolute atomic E-state index is 12.6. The van der Waals surface area contributed by atoms with E-state index in [-0.39, 0.29) is 18.1 Å². The Labute approximate surface area is 150 Å². The van der Waals surface area contributed by atoms with Gasteiger partial charge in [0.1, 0.15) is 0 Å². The summed E-state index contributed by atoms with van der Waals surface area (Å²) in [7, 11) is 1.56. The van der Waals surface area contributed by atoms with Gasteiger partial charge in [-0.15, -0.1) is 5.10 Å². The molecule has 1 N–H and O–H groups in total. The van der Waals surface area contributed by atoms with Gasteiger partial charge in [-0.2, -0.15) is 0 Å². The highest BCUT2D eigenvalue weighted by molar-refractivity contribution is 5.93. The summed E-state index contributed by atoms with van der Waals surface area (Å²) >= 11 is 0. The molecule has 0 aliphatic heterocycles. The highest BCUT2D eigenvalue weighted by Crippen LogP contribution is 2.19. The summed E-state index contributed by atoms with van der Waals surface area (Å²) < 4.78 is 1.59. The fraction of sp³-hybridized carbons (Fsp3) is 0.278. The first-order valence-electron chi connectivity index (χ1n) is 8.14. The van der Waals surface area contributed by atoms with E-state index in [9.17, 15) is 9.59 Å². The molecule has 8 heteroatoms. The Balaban J connectivity index is 1.89. The fourth-order valence-corrected chi connectivity index (χ4v) is 2.72. The number of hydrogen-bond acceptors (Lipinski definition) is 5. The van der Waals surface area contributed by atoms with E-state index in [0.29, 0.717) is 5.69 Å². The minimum absolute atomic E-state index is 0.0993. The third-order valence-electron chi connectivity index (χ3n) is 4.24. The standard InChI is InChI=1S/C18H19N5O3/c1-11(18(25)26)10-22(3)17(24)16-12(2)23(21-20-16)14-6-7-15-13(9-14)5-4-8-19-15/h4-9,11H,10H2,1-3H3,(H,25,26). The minimum Gasteiger partial charge on any atom is -0.481 e. The van der Waals surface area contributed by atoms with Crippen LogP contribution in [0.25, 0.3) is 16.6 Å². The Kier molecular flexibility index (Phi) is 4.66. The van der Waals surface area contributed by atoms with Crippen LogP contribution in [0.5, 0.6) is 0 Å². The van der Waals surface area contributed by atoms with Crippen LogP contribution >= 0.6 is 0 Å². The third-order valence-corrected chi connectivity index (χ3v) is 4.24. The van der Waals surface area contributed by atoms with E-state index < -0.39 is 11.9 Å². The van der Waals surface area contributed by atoms with E-state index in [1.54, 1.807) is 31.8 Å². The smallest absolute Gasteiger partial charge is 0.308 e. The summed E-state index contributed by atoms with van der Waals surface area (Å²) in [5, 5.41) is 18.1. The van der Waals surface area contributed by atoms with Gasteiger partial charge in [0.25, 0.3) is 5.91 Å². The molecule has 26 heavy (non-hydrogen) atoms. The lowest BCUT2D eigenvalue weighted by Gasteiger charge is -2.18. The number of carboxylic acid groups (broad SMARTS) is 1. The van der Waals surface area contributed by atoms with E-state index in [0.717, 1.165) is 16.6 Å². The average Bonchev–Trinajstić information content (AvgIpc) is 3.01. The Morgan fingerprint density at radius 1 is 1.31 bits per heavy atom. The number of hydrogen-bond donors (Lipinski definition) is 1. The predicted molar refractivity (Wildman–Crippen MR) is 95.2 cm³/mol. The number of nitrogens with zero attached hydrogens (tertiary/aromatic N) is 5. The molecule has 0 radical (unpaired) electrons. The van der Waals surface area contributed by atoms with Gasteiger partial charge in [0, 0.05) is 25.2 Å². The lowest BCUT2D eigenvalue weighted by atomic mass is 10.1. The van der Waals surface area contributed by atoms with Gasteiger partial charge in [-0.25, -0.2) is 4.68 Å². The van der Waals surface area contributed by atoms with Gasteiger partial charge in [-0.05, 0) is 31.2 Å². The minimum atomic E-state index is -0.949. The number of aliphatic carboxylic acids is 1. The van der Waals surface area contributed by atoms with Crippen LogP contribution in [0, 0.1) is 12.8 Å². The van der Waals surface area contributed by atoms with Gasteiger partial charge >= 0.3 is 5.97 Å². The fourth-order valence-electron chi connectivity index (χ4n) is 2.72. The molecule has 3 aromatic rings. The first-order chi connectivity index (χ1) is 12.4. The molecule has 0 spiro atoms. The molecule has 0 saturated carbocycles. The number of carboxylic acids is 1. The zero-order valence-electron chi connectivity index (χ0n) is 14.7. The topological polar surface area (TPSA) is 101 Å². The summed E-state index contributed by atoms with van der Waals surface area (Å²) in [5.41, 5.74) is 2.44. The van der Waals surface area contributed by atoms with E-state index in [1.807, 2.05) is 30.3 Å². The maximum Gasteiger partial charge on any atom is 0.308 e. The molecule has 0 fully saturated rings. The predicted octanol–water partition coefficient (Wildman–Crippen LogP) is 1.92. The second-order valence-corrected chi connectivity index (χ2v) is 6.24. The summed E-state index contributed by atoms with van der Waals surface area (Å²) in [6.07, 6.45) is 1.73. The number of amides is 1. The molecule has 0 aliphatic rings.